The summed E-state index contributed by atoms with van der Waals surface area (Å²) < 4.78 is 18.7. The average molecular weight is 576 g/mol. The molecule has 1 saturated heterocycles. The molecular weight excluding hydrogens is 553 g/mol. The van der Waals surface area contributed by atoms with Gasteiger partial charge in [0, 0.05) is 16.5 Å². The number of nitrogens with zero attached hydrogens (tertiary/aromatic N) is 1. The number of rotatable bonds is 6. The molecule has 11 heteroatoms. The number of aromatic amines is 1. The van der Waals surface area contributed by atoms with Crippen LogP contribution in [0.5, 0.6) is 5.75 Å². The van der Waals surface area contributed by atoms with Crippen LogP contribution in [-0.4, -0.2) is 34.6 Å². The highest BCUT2D eigenvalue weighted by atomic mass is 32.2. The van der Waals surface area contributed by atoms with Crippen LogP contribution in [0.15, 0.2) is 82.6 Å². The van der Waals surface area contributed by atoms with Gasteiger partial charge >= 0.3 is 4.87 Å². The SMILES string of the molecule is Cc1ccc(N2C(=O)C3Sc4[nH]c(=O)sc4[C@H](c4ccc(OCC(=O)Nc5ccc(F)cc5)cc4)C3C2=O)cc1. The number of thiazole rings is 1. The Morgan fingerprint density at radius 3 is 2.38 bits per heavy atom. The Bertz CT molecular complexity index is 1670. The highest BCUT2D eigenvalue weighted by molar-refractivity contribution is 8.00. The number of ether oxygens (including phenoxy) is 1. The largest absolute Gasteiger partial charge is 0.484 e. The molecule has 8 nitrogen and oxygen atoms in total. The van der Waals surface area contributed by atoms with E-state index in [1.165, 1.54) is 40.9 Å². The first-order valence-corrected chi connectivity index (χ1v) is 14.1. The van der Waals surface area contributed by atoms with E-state index in [1.54, 1.807) is 36.4 Å². The van der Waals surface area contributed by atoms with Crippen molar-refractivity contribution in [2.45, 2.75) is 23.1 Å². The Kier molecular flexibility index (Phi) is 6.77. The van der Waals surface area contributed by atoms with Gasteiger partial charge in [-0.2, -0.15) is 0 Å². The number of imide groups is 1. The van der Waals surface area contributed by atoms with Crippen LogP contribution in [0.25, 0.3) is 0 Å². The molecule has 40 heavy (non-hydrogen) atoms. The molecule has 0 bridgehead atoms. The number of aryl methyl sites for hydroxylation is 1. The average Bonchev–Trinajstić information content (AvgIpc) is 3.44. The van der Waals surface area contributed by atoms with Crippen LogP contribution >= 0.6 is 23.1 Å². The Hall–Kier alpha value is -4.22. The van der Waals surface area contributed by atoms with Crippen molar-refractivity contribution in [3.05, 3.63) is 104 Å². The second-order valence-electron chi connectivity index (χ2n) is 9.51. The minimum Gasteiger partial charge on any atom is -0.484 e. The number of nitrogens with one attached hydrogen (secondary N) is 2. The molecule has 0 radical (unpaired) electrons. The van der Waals surface area contributed by atoms with Crippen molar-refractivity contribution in [1.29, 1.82) is 0 Å². The lowest BCUT2D eigenvalue weighted by Crippen LogP contribution is -2.32. The van der Waals surface area contributed by atoms with Crippen molar-refractivity contribution >= 4 is 52.2 Å². The van der Waals surface area contributed by atoms with E-state index in [9.17, 15) is 23.6 Å². The highest BCUT2D eigenvalue weighted by Gasteiger charge is 2.56. The zero-order valence-electron chi connectivity index (χ0n) is 21.1. The first-order valence-electron chi connectivity index (χ1n) is 12.4. The lowest BCUT2D eigenvalue weighted by Gasteiger charge is -2.29. The number of benzene rings is 3. The lowest BCUT2D eigenvalue weighted by atomic mass is 9.83. The molecule has 0 aliphatic carbocycles. The Balaban J connectivity index is 1.24. The number of anilines is 2. The minimum absolute atomic E-state index is 0.245. The number of halogens is 1. The fourth-order valence-corrected chi connectivity index (χ4v) is 7.49. The molecule has 6 rings (SSSR count). The van der Waals surface area contributed by atoms with E-state index >= 15 is 0 Å². The normalized spacial score (nSPS) is 19.8. The molecule has 2 N–H and O–H groups in total. The maximum Gasteiger partial charge on any atom is 0.305 e. The first kappa shape index (κ1) is 26.0. The van der Waals surface area contributed by atoms with Crippen molar-refractivity contribution in [3.8, 4) is 5.75 Å². The van der Waals surface area contributed by atoms with E-state index in [-0.39, 0.29) is 23.3 Å². The molecule has 0 saturated carbocycles. The van der Waals surface area contributed by atoms with E-state index < -0.39 is 28.8 Å². The summed E-state index contributed by atoms with van der Waals surface area (Å²) >= 11 is 2.27. The Morgan fingerprint density at radius 1 is 0.975 bits per heavy atom. The van der Waals surface area contributed by atoms with E-state index in [0.717, 1.165) is 27.3 Å². The van der Waals surface area contributed by atoms with Gasteiger partial charge in [0.2, 0.25) is 11.8 Å². The Labute approximate surface area is 236 Å². The number of hydrogen-bond donors (Lipinski definition) is 2. The monoisotopic (exact) mass is 575 g/mol. The van der Waals surface area contributed by atoms with Gasteiger partial charge < -0.3 is 15.0 Å². The molecule has 4 aromatic rings. The van der Waals surface area contributed by atoms with Crippen LogP contribution in [0, 0.1) is 18.7 Å². The summed E-state index contributed by atoms with van der Waals surface area (Å²) in [4.78, 5) is 56.3. The van der Waals surface area contributed by atoms with Gasteiger partial charge in [-0.25, -0.2) is 9.29 Å². The molecule has 1 fully saturated rings. The topological polar surface area (TPSA) is 109 Å². The fraction of sp³-hybridized carbons (Fsp3) is 0.172. The van der Waals surface area contributed by atoms with E-state index in [1.807, 2.05) is 19.1 Å². The highest BCUT2D eigenvalue weighted by Crippen LogP contribution is 2.53. The molecule has 2 unspecified atom stereocenters. The summed E-state index contributed by atoms with van der Waals surface area (Å²) in [6.07, 6.45) is 0. The fourth-order valence-electron chi connectivity index (χ4n) is 4.98. The molecule has 2 aliphatic heterocycles. The summed E-state index contributed by atoms with van der Waals surface area (Å²) in [6.45, 7) is 1.67. The lowest BCUT2D eigenvalue weighted by molar-refractivity contribution is -0.122. The van der Waals surface area contributed by atoms with Gasteiger partial charge in [0.1, 0.15) is 16.8 Å². The second-order valence-corrected chi connectivity index (χ2v) is 11.7. The molecule has 202 valence electrons. The Morgan fingerprint density at radius 2 is 1.68 bits per heavy atom. The smallest absolute Gasteiger partial charge is 0.305 e. The van der Waals surface area contributed by atoms with Crippen molar-refractivity contribution < 1.29 is 23.5 Å². The molecule has 3 atom stereocenters. The van der Waals surface area contributed by atoms with E-state index in [0.29, 0.717) is 22.2 Å². The zero-order valence-corrected chi connectivity index (χ0v) is 22.7. The van der Waals surface area contributed by atoms with Crippen LogP contribution in [0.1, 0.15) is 21.9 Å². The van der Waals surface area contributed by atoms with Crippen molar-refractivity contribution in [3.63, 3.8) is 0 Å². The van der Waals surface area contributed by atoms with Crippen molar-refractivity contribution in [2.24, 2.45) is 5.92 Å². The maximum absolute atomic E-state index is 13.8. The predicted octanol–water partition coefficient (Wildman–Crippen LogP) is 4.70. The summed E-state index contributed by atoms with van der Waals surface area (Å²) in [6, 6.07) is 19.6. The number of aromatic nitrogens is 1. The number of fused-ring (bicyclic) bond motifs is 2. The van der Waals surface area contributed by atoms with Crippen LogP contribution in [0.2, 0.25) is 0 Å². The molecule has 3 heterocycles. The molecule has 3 amide bonds. The number of H-pyrrole nitrogens is 1. The number of amides is 3. The van der Waals surface area contributed by atoms with Crippen molar-refractivity contribution in [2.75, 3.05) is 16.8 Å². The van der Waals surface area contributed by atoms with Crippen LogP contribution in [0.3, 0.4) is 0 Å². The minimum atomic E-state index is -0.689. The molecule has 1 aromatic heterocycles. The van der Waals surface area contributed by atoms with Gasteiger partial charge in [-0.3, -0.25) is 19.2 Å². The number of carbonyl (C=O) groups is 3. The van der Waals surface area contributed by atoms with Gasteiger partial charge in [-0.15, -0.1) is 0 Å². The van der Waals surface area contributed by atoms with Gasteiger partial charge in [-0.05, 0) is 61.0 Å². The third kappa shape index (κ3) is 4.82. The quantitative estimate of drug-likeness (QED) is 0.323. The summed E-state index contributed by atoms with van der Waals surface area (Å²) in [5.74, 6) is -2.19. The maximum atomic E-state index is 13.8. The number of carbonyl (C=O) groups excluding carboxylic acids is 3. The van der Waals surface area contributed by atoms with Crippen LogP contribution in [-0.2, 0) is 14.4 Å². The zero-order chi connectivity index (χ0) is 28.0. The van der Waals surface area contributed by atoms with E-state index in [4.69, 9.17) is 4.74 Å². The standard InChI is InChI=1S/C29H22FN3O5S2/c1-15-2-10-19(11-3-15)33-27(35)23-22(24-26(32-29(37)40-24)39-25(23)28(33)36)16-4-12-20(13-5-16)38-14-21(34)31-18-8-6-17(30)7-9-18/h2-13,22-23,25H,14H2,1H3,(H,31,34)(H,32,37)/t22-,23?,25?/m1/s1. The number of thioether (sulfide) groups is 1. The van der Waals surface area contributed by atoms with Crippen LogP contribution < -0.4 is 19.8 Å². The summed E-state index contributed by atoms with van der Waals surface area (Å²) in [5, 5.41) is 2.56. The first-order chi connectivity index (χ1) is 19.3. The predicted molar refractivity (Wildman–Crippen MR) is 151 cm³/mol. The summed E-state index contributed by atoms with van der Waals surface area (Å²) in [7, 11) is 0. The third-order valence-corrected chi connectivity index (χ3v) is 9.25. The van der Waals surface area contributed by atoms with Gasteiger partial charge in [-0.1, -0.05) is 52.9 Å². The number of hydrogen-bond acceptors (Lipinski definition) is 7. The molecule has 2 aliphatic rings. The van der Waals surface area contributed by atoms with Gasteiger partial charge in [0.15, 0.2) is 6.61 Å². The van der Waals surface area contributed by atoms with Crippen LogP contribution in [0.4, 0.5) is 15.8 Å². The molecule has 0 spiro atoms. The van der Waals surface area contributed by atoms with Gasteiger partial charge in [0.25, 0.3) is 5.91 Å². The third-order valence-electron chi connectivity index (χ3n) is 6.85. The molecule has 3 aromatic carbocycles. The second kappa shape index (κ2) is 10.4. The van der Waals surface area contributed by atoms with E-state index in [2.05, 4.69) is 10.3 Å². The van der Waals surface area contributed by atoms with Gasteiger partial charge in [0.05, 0.1) is 16.6 Å². The molecular formula is C29H22FN3O5S2. The summed E-state index contributed by atoms with van der Waals surface area (Å²) in [5.41, 5.74) is 2.74. The van der Waals surface area contributed by atoms with Crippen molar-refractivity contribution in [1.82, 2.24) is 4.98 Å².